The standard InChI is InChI=1S/C12H16N2OS/c1-12(2)6-9(12)10(15)5-8-7-14-3-4-16-11(14)13-8/h3-4,7,9-10,15H,5-6H2,1-2H3. The highest BCUT2D eigenvalue weighted by Crippen LogP contribution is 2.53. The number of imidazole rings is 1. The van der Waals surface area contributed by atoms with Gasteiger partial charge < -0.3 is 5.11 Å². The van der Waals surface area contributed by atoms with Crippen LogP contribution in [0.5, 0.6) is 0 Å². The largest absolute Gasteiger partial charge is 0.392 e. The van der Waals surface area contributed by atoms with E-state index < -0.39 is 0 Å². The minimum Gasteiger partial charge on any atom is -0.392 e. The van der Waals surface area contributed by atoms with Gasteiger partial charge in [0.15, 0.2) is 4.96 Å². The van der Waals surface area contributed by atoms with E-state index >= 15 is 0 Å². The highest BCUT2D eigenvalue weighted by molar-refractivity contribution is 7.15. The van der Waals surface area contributed by atoms with Crippen LogP contribution in [0.25, 0.3) is 4.96 Å². The summed E-state index contributed by atoms with van der Waals surface area (Å²) in [7, 11) is 0. The van der Waals surface area contributed by atoms with Gasteiger partial charge in [-0.1, -0.05) is 13.8 Å². The highest BCUT2D eigenvalue weighted by atomic mass is 32.1. The lowest BCUT2D eigenvalue weighted by Gasteiger charge is -2.10. The molecule has 0 bridgehead atoms. The Kier molecular flexibility index (Phi) is 2.13. The zero-order chi connectivity index (χ0) is 11.3. The zero-order valence-corrected chi connectivity index (χ0v) is 10.4. The molecule has 3 nitrogen and oxygen atoms in total. The summed E-state index contributed by atoms with van der Waals surface area (Å²) in [5.74, 6) is 0.451. The molecule has 0 amide bonds. The number of hydrogen-bond acceptors (Lipinski definition) is 3. The van der Waals surface area contributed by atoms with E-state index in [1.807, 2.05) is 22.2 Å². The number of aliphatic hydroxyl groups is 1. The van der Waals surface area contributed by atoms with E-state index in [1.54, 1.807) is 11.3 Å². The Hall–Kier alpha value is -0.870. The third-order valence-corrected chi connectivity index (χ3v) is 4.39. The summed E-state index contributed by atoms with van der Waals surface area (Å²) in [5.41, 5.74) is 1.33. The van der Waals surface area contributed by atoms with Gasteiger partial charge in [0.05, 0.1) is 11.8 Å². The monoisotopic (exact) mass is 236 g/mol. The van der Waals surface area contributed by atoms with Crippen LogP contribution >= 0.6 is 11.3 Å². The summed E-state index contributed by atoms with van der Waals surface area (Å²) in [5, 5.41) is 12.1. The number of rotatable bonds is 3. The number of nitrogens with zero attached hydrogens (tertiary/aromatic N) is 2. The van der Waals surface area contributed by atoms with Gasteiger partial charge in [-0.05, 0) is 17.8 Å². The molecule has 0 radical (unpaired) electrons. The van der Waals surface area contributed by atoms with Crippen molar-refractivity contribution in [2.75, 3.05) is 0 Å². The van der Waals surface area contributed by atoms with Crippen LogP contribution in [-0.2, 0) is 6.42 Å². The van der Waals surface area contributed by atoms with Crippen LogP contribution in [0.15, 0.2) is 17.8 Å². The molecule has 1 aliphatic carbocycles. The van der Waals surface area contributed by atoms with Crippen molar-refractivity contribution in [2.24, 2.45) is 11.3 Å². The fraction of sp³-hybridized carbons (Fsp3) is 0.583. The van der Waals surface area contributed by atoms with Crippen molar-refractivity contribution in [2.45, 2.75) is 32.8 Å². The molecule has 4 heteroatoms. The predicted octanol–water partition coefficient (Wildman–Crippen LogP) is 2.35. The van der Waals surface area contributed by atoms with Gasteiger partial charge in [-0.15, -0.1) is 11.3 Å². The third kappa shape index (κ3) is 1.66. The Morgan fingerprint density at radius 2 is 2.44 bits per heavy atom. The van der Waals surface area contributed by atoms with Gasteiger partial charge in [-0.3, -0.25) is 4.40 Å². The van der Waals surface area contributed by atoms with Crippen molar-refractivity contribution >= 4 is 16.3 Å². The first-order valence-electron chi connectivity index (χ1n) is 5.65. The molecule has 1 saturated carbocycles. The van der Waals surface area contributed by atoms with Crippen molar-refractivity contribution in [1.29, 1.82) is 0 Å². The first-order chi connectivity index (χ1) is 7.56. The zero-order valence-electron chi connectivity index (χ0n) is 9.55. The number of thiazole rings is 1. The van der Waals surface area contributed by atoms with Gasteiger partial charge in [-0.25, -0.2) is 4.98 Å². The fourth-order valence-electron chi connectivity index (χ4n) is 2.40. The fourth-order valence-corrected chi connectivity index (χ4v) is 3.11. The van der Waals surface area contributed by atoms with E-state index in [-0.39, 0.29) is 6.10 Å². The summed E-state index contributed by atoms with van der Waals surface area (Å²) in [6.07, 6.45) is 5.60. The smallest absolute Gasteiger partial charge is 0.193 e. The predicted molar refractivity (Wildman–Crippen MR) is 64.7 cm³/mol. The van der Waals surface area contributed by atoms with Gasteiger partial charge in [0.1, 0.15) is 0 Å². The van der Waals surface area contributed by atoms with Crippen LogP contribution in [0.3, 0.4) is 0 Å². The van der Waals surface area contributed by atoms with Crippen LogP contribution in [0.2, 0.25) is 0 Å². The first-order valence-corrected chi connectivity index (χ1v) is 6.53. The Morgan fingerprint density at radius 3 is 3.06 bits per heavy atom. The molecule has 2 aromatic heterocycles. The van der Waals surface area contributed by atoms with Crippen molar-refractivity contribution < 1.29 is 5.11 Å². The maximum Gasteiger partial charge on any atom is 0.193 e. The lowest BCUT2D eigenvalue weighted by atomic mass is 10.0. The van der Waals surface area contributed by atoms with Crippen molar-refractivity contribution in [1.82, 2.24) is 9.38 Å². The van der Waals surface area contributed by atoms with E-state index in [0.717, 1.165) is 17.1 Å². The SMILES string of the molecule is CC1(C)CC1C(O)Cc1cn2ccsc2n1. The molecule has 2 aromatic rings. The molecule has 1 aliphatic rings. The summed E-state index contributed by atoms with van der Waals surface area (Å²) in [6, 6.07) is 0. The van der Waals surface area contributed by atoms with E-state index in [4.69, 9.17) is 0 Å². The quantitative estimate of drug-likeness (QED) is 0.888. The lowest BCUT2D eigenvalue weighted by molar-refractivity contribution is 0.136. The third-order valence-electron chi connectivity index (χ3n) is 3.62. The Bertz CT molecular complexity index is 485. The van der Waals surface area contributed by atoms with Crippen LogP contribution in [-0.4, -0.2) is 20.6 Å². The van der Waals surface area contributed by atoms with Crippen LogP contribution < -0.4 is 0 Å². The van der Waals surface area contributed by atoms with Gasteiger partial charge >= 0.3 is 0 Å². The lowest BCUT2D eigenvalue weighted by Crippen LogP contribution is -2.16. The number of hydrogen-bond donors (Lipinski definition) is 1. The Morgan fingerprint density at radius 1 is 1.69 bits per heavy atom. The highest BCUT2D eigenvalue weighted by Gasteiger charge is 2.49. The molecule has 1 fully saturated rings. The topological polar surface area (TPSA) is 37.5 Å². The number of aromatic nitrogens is 2. The Balaban J connectivity index is 1.73. The molecule has 0 saturated heterocycles. The minimum absolute atomic E-state index is 0.236. The van der Waals surface area contributed by atoms with E-state index in [9.17, 15) is 5.11 Å². The first kappa shape index (κ1) is 10.3. The molecule has 2 atom stereocenters. The molecule has 0 spiro atoms. The summed E-state index contributed by atoms with van der Waals surface area (Å²) in [6.45, 7) is 4.43. The van der Waals surface area contributed by atoms with Crippen LogP contribution in [0.1, 0.15) is 26.0 Å². The molecular formula is C12H16N2OS. The maximum atomic E-state index is 10.1. The summed E-state index contributed by atoms with van der Waals surface area (Å²) in [4.78, 5) is 5.50. The molecular weight excluding hydrogens is 220 g/mol. The van der Waals surface area contributed by atoms with Gasteiger partial charge in [0, 0.05) is 24.2 Å². The van der Waals surface area contributed by atoms with Crippen molar-refractivity contribution in [3.8, 4) is 0 Å². The second-order valence-corrected chi connectivity index (χ2v) is 6.27. The molecule has 3 rings (SSSR count). The molecule has 0 aromatic carbocycles. The molecule has 16 heavy (non-hydrogen) atoms. The number of fused-ring (bicyclic) bond motifs is 1. The minimum atomic E-state index is -0.236. The van der Waals surface area contributed by atoms with Crippen LogP contribution in [0.4, 0.5) is 0 Å². The molecule has 86 valence electrons. The molecule has 2 unspecified atom stereocenters. The second-order valence-electron chi connectivity index (χ2n) is 5.40. The summed E-state index contributed by atoms with van der Waals surface area (Å²) < 4.78 is 2.02. The normalized spacial score (nSPS) is 24.8. The summed E-state index contributed by atoms with van der Waals surface area (Å²) >= 11 is 1.63. The van der Waals surface area contributed by atoms with Gasteiger partial charge in [-0.2, -0.15) is 0 Å². The molecule has 2 heterocycles. The van der Waals surface area contributed by atoms with Crippen molar-refractivity contribution in [3.05, 3.63) is 23.5 Å². The average Bonchev–Trinajstić information content (AvgIpc) is 2.59. The van der Waals surface area contributed by atoms with E-state index in [0.29, 0.717) is 17.8 Å². The maximum absolute atomic E-state index is 10.1. The molecule has 1 N–H and O–H groups in total. The Labute approximate surface area is 98.8 Å². The average molecular weight is 236 g/mol. The van der Waals surface area contributed by atoms with Crippen molar-refractivity contribution in [3.63, 3.8) is 0 Å². The second kappa shape index (κ2) is 3.31. The molecule has 0 aliphatic heterocycles. The number of aliphatic hydroxyl groups excluding tert-OH is 1. The van der Waals surface area contributed by atoms with E-state index in [2.05, 4.69) is 18.8 Å². The van der Waals surface area contributed by atoms with Gasteiger partial charge in [0.2, 0.25) is 0 Å². The van der Waals surface area contributed by atoms with Gasteiger partial charge in [0.25, 0.3) is 0 Å². The van der Waals surface area contributed by atoms with Crippen LogP contribution in [0, 0.1) is 11.3 Å². The van der Waals surface area contributed by atoms with E-state index in [1.165, 1.54) is 0 Å².